The highest BCUT2D eigenvalue weighted by Gasteiger charge is 2.13. The quantitative estimate of drug-likeness (QED) is 0.750. The van der Waals surface area contributed by atoms with Crippen LogP contribution >= 0.6 is 0 Å². The number of nitrogens with zero attached hydrogens (tertiary/aromatic N) is 1. The minimum Gasteiger partial charge on any atom is -0.305 e. The largest absolute Gasteiger partial charge is 0.305 e. The van der Waals surface area contributed by atoms with E-state index in [-0.39, 0.29) is 11.7 Å². The van der Waals surface area contributed by atoms with Gasteiger partial charge in [-0.2, -0.15) is 5.10 Å². The predicted molar refractivity (Wildman–Crippen MR) is 75.2 cm³/mol. The average molecular weight is 269 g/mol. The molecule has 0 radical (unpaired) electrons. The van der Waals surface area contributed by atoms with E-state index in [1.165, 1.54) is 12.1 Å². The summed E-state index contributed by atoms with van der Waals surface area (Å²) < 4.78 is 13.3. The first-order valence-corrected chi connectivity index (χ1v) is 6.16. The Bertz CT molecular complexity index is 795. The average Bonchev–Trinajstić information content (AvgIpc) is 2.82. The van der Waals surface area contributed by atoms with E-state index < -0.39 is 0 Å². The molecule has 3 rings (SSSR count). The molecule has 1 amide bonds. The fraction of sp³-hybridized carbons (Fsp3) is 0.0667. The summed E-state index contributed by atoms with van der Waals surface area (Å²) in [6.07, 6.45) is 0. The molecule has 0 saturated carbocycles. The number of hydrogen-bond acceptors (Lipinski definition) is 2. The number of benzene rings is 2. The molecule has 3 aromatic rings. The van der Waals surface area contributed by atoms with Gasteiger partial charge < -0.3 is 5.32 Å². The molecule has 0 atom stereocenters. The second-order valence-electron chi connectivity index (χ2n) is 4.53. The SMILES string of the molecule is Cc1ccccc1C(=O)Nc1n[nH]c2ccc(F)cc12. The number of rotatable bonds is 2. The zero-order valence-corrected chi connectivity index (χ0v) is 10.8. The van der Waals surface area contributed by atoms with Gasteiger partial charge in [0.2, 0.25) is 0 Å². The number of halogens is 1. The van der Waals surface area contributed by atoms with E-state index in [0.29, 0.717) is 22.3 Å². The zero-order chi connectivity index (χ0) is 14.1. The van der Waals surface area contributed by atoms with Crippen LogP contribution in [0.3, 0.4) is 0 Å². The van der Waals surface area contributed by atoms with Gasteiger partial charge in [-0.25, -0.2) is 4.39 Å². The number of aromatic amines is 1. The van der Waals surface area contributed by atoms with Crippen molar-refractivity contribution >= 4 is 22.6 Å². The van der Waals surface area contributed by atoms with Crippen LogP contribution in [0, 0.1) is 12.7 Å². The fourth-order valence-electron chi connectivity index (χ4n) is 2.08. The number of fused-ring (bicyclic) bond motifs is 1. The number of aryl methyl sites for hydroxylation is 1. The molecule has 4 nitrogen and oxygen atoms in total. The summed E-state index contributed by atoms with van der Waals surface area (Å²) in [4.78, 5) is 12.2. The van der Waals surface area contributed by atoms with Crippen LogP contribution in [-0.4, -0.2) is 16.1 Å². The molecule has 0 unspecified atom stereocenters. The third-order valence-corrected chi connectivity index (χ3v) is 3.15. The molecule has 2 N–H and O–H groups in total. The number of nitrogens with one attached hydrogen (secondary N) is 2. The van der Waals surface area contributed by atoms with Crippen molar-refractivity contribution in [3.8, 4) is 0 Å². The first kappa shape index (κ1) is 12.3. The van der Waals surface area contributed by atoms with Crippen LogP contribution in [0.1, 0.15) is 15.9 Å². The smallest absolute Gasteiger partial charge is 0.257 e. The number of carbonyl (C=O) groups is 1. The van der Waals surface area contributed by atoms with E-state index in [0.717, 1.165) is 5.56 Å². The van der Waals surface area contributed by atoms with Gasteiger partial charge in [-0.05, 0) is 36.8 Å². The number of hydrogen-bond donors (Lipinski definition) is 2. The summed E-state index contributed by atoms with van der Waals surface area (Å²) in [5.74, 6) is -0.307. The van der Waals surface area contributed by atoms with Crippen LogP contribution in [-0.2, 0) is 0 Å². The van der Waals surface area contributed by atoms with Crippen molar-refractivity contribution < 1.29 is 9.18 Å². The Morgan fingerprint density at radius 3 is 2.85 bits per heavy atom. The van der Waals surface area contributed by atoms with Gasteiger partial charge in [-0.1, -0.05) is 18.2 Å². The Hall–Kier alpha value is -2.69. The molecule has 0 bridgehead atoms. The van der Waals surface area contributed by atoms with Gasteiger partial charge >= 0.3 is 0 Å². The number of amides is 1. The van der Waals surface area contributed by atoms with E-state index >= 15 is 0 Å². The van der Waals surface area contributed by atoms with E-state index in [1.54, 1.807) is 18.2 Å². The highest BCUT2D eigenvalue weighted by molar-refractivity contribution is 6.08. The van der Waals surface area contributed by atoms with Gasteiger partial charge in [0.05, 0.1) is 5.52 Å². The van der Waals surface area contributed by atoms with Crippen LogP contribution in [0.4, 0.5) is 10.2 Å². The van der Waals surface area contributed by atoms with Gasteiger partial charge in [0.1, 0.15) is 5.82 Å². The summed E-state index contributed by atoms with van der Waals surface area (Å²) in [6.45, 7) is 1.86. The Kier molecular flexibility index (Phi) is 2.95. The summed E-state index contributed by atoms with van der Waals surface area (Å²) in [6, 6.07) is 11.5. The lowest BCUT2D eigenvalue weighted by Crippen LogP contribution is -2.13. The fourth-order valence-corrected chi connectivity index (χ4v) is 2.08. The van der Waals surface area contributed by atoms with Crippen LogP contribution in [0.25, 0.3) is 10.9 Å². The van der Waals surface area contributed by atoms with Crippen molar-refractivity contribution in [3.63, 3.8) is 0 Å². The van der Waals surface area contributed by atoms with E-state index in [2.05, 4.69) is 15.5 Å². The third-order valence-electron chi connectivity index (χ3n) is 3.15. The number of carbonyl (C=O) groups excluding carboxylic acids is 1. The molecule has 0 aliphatic carbocycles. The Balaban J connectivity index is 1.96. The van der Waals surface area contributed by atoms with Crippen molar-refractivity contribution in [2.75, 3.05) is 5.32 Å². The summed E-state index contributed by atoms with van der Waals surface area (Å²) in [5, 5.41) is 10.0. The first-order chi connectivity index (χ1) is 9.65. The molecule has 0 aliphatic rings. The lowest BCUT2D eigenvalue weighted by Gasteiger charge is -2.05. The topological polar surface area (TPSA) is 57.8 Å². The van der Waals surface area contributed by atoms with Gasteiger partial charge in [-0.3, -0.25) is 9.89 Å². The van der Waals surface area contributed by atoms with Crippen LogP contribution in [0.5, 0.6) is 0 Å². The number of H-pyrrole nitrogens is 1. The van der Waals surface area contributed by atoms with Crippen LogP contribution in [0.2, 0.25) is 0 Å². The van der Waals surface area contributed by atoms with Crippen molar-refractivity contribution in [2.45, 2.75) is 6.92 Å². The normalized spacial score (nSPS) is 10.7. The molecule has 0 fully saturated rings. The Labute approximate surface area is 114 Å². The molecular weight excluding hydrogens is 257 g/mol. The van der Waals surface area contributed by atoms with Crippen molar-refractivity contribution in [1.29, 1.82) is 0 Å². The minimum absolute atomic E-state index is 0.263. The highest BCUT2D eigenvalue weighted by Crippen LogP contribution is 2.22. The molecule has 0 aliphatic heterocycles. The van der Waals surface area contributed by atoms with Crippen LogP contribution < -0.4 is 5.32 Å². The Morgan fingerprint density at radius 1 is 1.25 bits per heavy atom. The molecular formula is C15H12FN3O. The molecule has 20 heavy (non-hydrogen) atoms. The van der Waals surface area contributed by atoms with Crippen molar-refractivity contribution in [1.82, 2.24) is 10.2 Å². The second-order valence-corrected chi connectivity index (χ2v) is 4.53. The summed E-state index contributed by atoms with van der Waals surface area (Å²) in [5.41, 5.74) is 2.11. The minimum atomic E-state index is -0.370. The number of aromatic nitrogens is 2. The van der Waals surface area contributed by atoms with Crippen molar-refractivity contribution in [3.05, 3.63) is 59.4 Å². The molecule has 2 aromatic carbocycles. The third kappa shape index (κ3) is 2.14. The lowest BCUT2D eigenvalue weighted by molar-refractivity contribution is 0.102. The molecule has 0 saturated heterocycles. The van der Waals surface area contributed by atoms with Gasteiger partial charge in [0, 0.05) is 10.9 Å². The molecule has 1 aromatic heterocycles. The van der Waals surface area contributed by atoms with Crippen LogP contribution in [0.15, 0.2) is 42.5 Å². The summed E-state index contributed by atoms with van der Waals surface area (Å²) >= 11 is 0. The first-order valence-electron chi connectivity index (χ1n) is 6.16. The van der Waals surface area contributed by atoms with E-state index in [9.17, 15) is 9.18 Å². The molecule has 1 heterocycles. The van der Waals surface area contributed by atoms with Crippen molar-refractivity contribution in [2.24, 2.45) is 0 Å². The maximum atomic E-state index is 13.3. The second kappa shape index (κ2) is 4.77. The zero-order valence-electron chi connectivity index (χ0n) is 10.8. The monoisotopic (exact) mass is 269 g/mol. The summed E-state index contributed by atoms with van der Waals surface area (Å²) in [7, 11) is 0. The predicted octanol–water partition coefficient (Wildman–Crippen LogP) is 3.26. The lowest BCUT2D eigenvalue weighted by atomic mass is 10.1. The maximum Gasteiger partial charge on any atom is 0.257 e. The number of anilines is 1. The molecule has 100 valence electrons. The standard InChI is InChI=1S/C15H12FN3O/c1-9-4-2-3-5-11(9)15(20)17-14-12-8-10(16)6-7-13(12)18-19-14/h2-8H,1H3,(H2,17,18,19,20). The van der Waals surface area contributed by atoms with E-state index in [4.69, 9.17) is 0 Å². The van der Waals surface area contributed by atoms with E-state index in [1.807, 2.05) is 19.1 Å². The highest BCUT2D eigenvalue weighted by atomic mass is 19.1. The molecule has 0 spiro atoms. The molecule has 5 heteroatoms. The van der Waals surface area contributed by atoms with Gasteiger partial charge in [-0.15, -0.1) is 0 Å². The van der Waals surface area contributed by atoms with Gasteiger partial charge in [0.25, 0.3) is 5.91 Å². The maximum absolute atomic E-state index is 13.3. The Morgan fingerprint density at radius 2 is 2.05 bits per heavy atom. The van der Waals surface area contributed by atoms with Gasteiger partial charge in [0.15, 0.2) is 5.82 Å².